The van der Waals surface area contributed by atoms with Crippen molar-refractivity contribution in [3.63, 3.8) is 0 Å². The molecule has 0 bridgehead atoms. The van der Waals surface area contributed by atoms with Gasteiger partial charge in [0.15, 0.2) is 17.6 Å². The molecule has 0 amide bonds. The highest BCUT2D eigenvalue weighted by atomic mass is 16.5. The van der Waals surface area contributed by atoms with Crippen LogP contribution in [-0.2, 0) is 11.2 Å². The third-order valence-electron chi connectivity index (χ3n) is 3.22. The summed E-state index contributed by atoms with van der Waals surface area (Å²) >= 11 is 0. The molecule has 2 aromatic carbocycles. The van der Waals surface area contributed by atoms with Crippen LogP contribution in [0.5, 0.6) is 11.5 Å². The zero-order valence-corrected chi connectivity index (χ0v) is 11.5. The third-order valence-corrected chi connectivity index (χ3v) is 3.22. The van der Waals surface area contributed by atoms with E-state index in [4.69, 9.17) is 9.84 Å². The van der Waals surface area contributed by atoms with E-state index in [2.05, 4.69) is 0 Å². The Kier molecular flexibility index (Phi) is 4.45. The number of ether oxygens (including phenoxy) is 1. The van der Waals surface area contributed by atoms with E-state index in [1.165, 1.54) is 13.2 Å². The molecule has 5 heteroatoms. The average molecular weight is 288 g/mol. The largest absolute Gasteiger partial charge is 0.504 e. The van der Waals surface area contributed by atoms with Crippen molar-refractivity contribution in [2.45, 2.75) is 12.5 Å². The first kappa shape index (κ1) is 14.9. The van der Waals surface area contributed by atoms with E-state index in [-0.39, 0.29) is 5.75 Å². The standard InChI is InChI=1S/C16H16O5/c1-21-14-9-10(6-7-13(14)17)8-11-4-2-3-5-12(11)15(18)16(19)20/h2-7,9,15,17-18H,8H2,1H3,(H,19,20). The van der Waals surface area contributed by atoms with Crippen LogP contribution in [0.1, 0.15) is 22.8 Å². The fraction of sp³-hybridized carbons (Fsp3) is 0.188. The van der Waals surface area contributed by atoms with Gasteiger partial charge in [0.1, 0.15) is 0 Å². The van der Waals surface area contributed by atoms with Gasteiger partial charge in [-0.05, 0) is 35.2 Å². The second kappa shape index (κ2) is 6.28. The van der Waals surface area contributed by atoms with Crippen LogP contribution in [0.25, 0.3) is 0 Å². The van der Waals surface area contributed by atoms with Crippen LogP contribution < -0.4 is 4.74 Å². The number of hydrogen-bond acceptors (Lipinski definition) is 4. The van der Waals surface area contributed by atoms with E-state index in [0.29, 0.717) is 23.3 Å². The maximum atomic E-state index is 10.9. The van der Waals surface area contributed by atoms with E-state index < -0.39 is 12.1 Å². The second-order valence-corrected chi connectivity index (χ2v) is 4.62. The molecule has 2 aromatic rings. The number of aliphatic hydroxyl groups excluding tert-OH is 1. The number of hydrogen-bond donors (Lipinski definition) is 3. The number of benzene rings is 2. The molecule has 1 unspecified atom stereocenters. The molecule has 110 valence electrons. The first-order valence-corrected chi connectivity index (χ1v) is 6.37. The van der Waals surface area contributed by atoms with Crippen molar-refractivity contribution in [3.05, 3.63) is 59.2 Å². The van der Waals surface area contributed by atoms with E-state index in [1.807, 2.05) is 0 Å². The fourth-order valence-corrected chi connectivity index (χ4v) is 2.15. The highest BCUT2D eigenvalue weighted by Gasteiger charge is 2.19. The Bertz CT molecular complexity index is 651. The summed E-state index contributed by atoms with van der Waals surface area (Å²) in [4.78, 5) is 10.9. The minimum Gasteiger partial charge on any atom is -0.504 e. The van der Waals surface area contributed by atoms with Gasteiger partial charge in [-0.1, -0.05) is 30.3 Å². The lowest BCUT2D eigenvalue weighted by Crippen LogP contribution is -2.12. The van der Waals surface area contributed by atoms with Crippen molar-refractivity contribution in [2.24, 2.45) is 0 Å². The highest BCUT2D eigenvalue weighted by molar-refractivity contribution is 5.74. The molecule has 3 N–H and O–H groups in total. The molecule has 21 heavy (non-hydrogen) atoms. The number of carboxylic acids is 1. The van der Waals surface area contributed by atoms with Crippen LogP contribution in [0.2, 0.25) is 0 Å². The van der Waals surface area contributed by atoms with Crippen molar-refractivity contribution in [1.29, 1.82) is 0 Å². The van der Waals surface area contributed by atoms with Gasteiger partial charge in [0.05, 0.1) is 7.11 Å². The van der Waals surface area contributed by atoms with Crippen LogP contribution in [0.15, 0.2) is 42.5 Å². The monoisotopic (exact) mass is 288 g/mol. The molecule has 0 fully saturated rings. The number of aliphatic carboxylic acids is 1. The summed E-state index contributed by atoms with van der Waals surface area (Å²) in [5.74, 6) is -0.894. The van der Waals surface area contributed by atoms with E-state index in [9.17, 15) is 15.0 Å². The lowest BCUT2D eigenvalue weighted by molar-refractivity contribution is -0.147. The molecule has 5 nitrogen and oxygen atoms in total. The molecule has 0 heterocycles. The minimum atomic E-state index is -1.56. The average Bonchev–Trinajstić information content (AvgIpc) is 2.49. The molecular weight excluding hydrogens is 272 g/mol. The smallest absolute Gasteiger partial charge is 0.337 e. The topological polar surface area (TPSA) is 87.0 Å². The Labute approximate surface area is 122 Å². The predicted molar refractivity (Wildman–Crippen MR) is 76.5 cm³/mol. The second-order valence-electron chi connectivity index (χ2n) is 4.62. The number of phenols is 1. The zero-order chi connectivity index (χ0) is 15.4. The van der Waals surface area contributed by atoms with Crippen molar-refractivity contribution >= 4 is 5.97 Å². The van der Waals surface area contributed by atoms with Crippen LogP contribution in [0.4, 0.5) is 0 Å². The number of phenolic OH excluding ortho intramolecular Hbond substituents is 1. The molecule has 1 atom stereocenters. The number of carboxylic acid groups (broad SMARTS) is 1. The lowest BCUT2D eigenvalue weighted by Gasteiger charge is -2.13. The molecule has 0 aliphatic heterocycles. The molecule has 0 saturated heterocycles. The Morgan fingerprint density at radius 3 is 2.62 bits per heavy atom. The van der Waals surface area contributed by atoms with Gasteiger partial charge in [-0.15, -0.1) is 0 Å². The Morgan fingerprint density at radius 2 is 1.95 bits per heavy atom. The third kappa shape index (κ3) is 3.32. The summed E-state index contributed by atoms with van der Waals surface area (Å²) < 4.78 is 5.05. The predicted octanol–water partition coefficient (Wildman–Crippen LogP) is 2.11. The number of rotatable bonds is 5. The molecular formula is C16H16O5. The zero-order valence-electron chi connectivity index (χ0n) is 11.5. The molecule has 0 aliphatic rings. The summed E-state index contributed by atoms with van der Waals surface area (Å²) in [5.41, 5.74) is 1.91. The van der Waals surface area contributed by atoms with Crippen LogP contribution >= 0.6 is 0 Å². The number of aromatic hydroxyl groups is 1. The normalized spacial score (nSPS) is 11.9. The van der Waals surface area contributed by atoms with Crippen molar-refractivity contribution in [3.8, 4) is 11.5 Å². The number of aliphatic hydroxyl groups is 1. The first-order chi connectivity index (χ1) is 10.0. The summed E-state index contributed by atoms with van der Waals surface area (Å²) in [6, 6.07) is 11.7. The minimum absolute atomic E-state index is 0.0418. The maximum Gasteiger partial charge on any atom is 0.337 e. The van der Waals surface area contributed by atoms with Crippen LogP contribution in [0.3, 0.4) is 0 Å². The Hall–Kier alpha value is -2.53. The number of carbonyl (C=O) groups is 1. The molecule has 0 aliphatic carbocycles. The van der Waals surface area contributed by atoms with Crippen LogP contribution in [0, 0.1) is 0 Å². The van der Waals surface area contributed by atoms with E-state index in [1.54, 1.807) is 36.4 Å². The summed E-state index contributed by atoms with van der Waals surface area (Å²) in [5, 5.41) is 28.3. The SMILES string of the molecule is COc1cc(Cc2ccccc2C(O)C(=O)O)ccc1O. The van der Waals surface area contributed by atoms with Crippen molar-refractivity contribution < 1.29 is 24.9 Å². The molecule has 0 spiro atoms. The van der Waals surface area contributed by atoms with E-state index >= 15 is 0 Å². The molecule has 0 radical (unpaired) electrons. The van der Waals surface area contributed by atoms with Gasteiger partial charge in [0.25, 0.3) is 0 Å². The number of methoxy groups -OCH3 is 1. The molecule has 0 aromatic heterocycles. The van der Waals surface area contributed by atoms with E-state index in [0.717, 1.165) is 5.56 Å². The highest BCUT2D eigenvalue weighted by Crippen LogP contribution is 2.28. The van der Waals surface area contributed by atoms with Gasteiger partial charge < -0.3 is 20.1 Å². The van der Waals surface area contributed by atoms with Crippen molar-refractivity contribution in [1.82, 2.24) is 0 Å². The van der Waals surface area contributed by atoms with Gasteiger partial charge >= 0.3 is 5.97 Å². The molecule has 0 saturated carbocycles. The first-order valence-electron chi connectivity index (χ1n) is 6.37. The summed E-state index contributed by atoms with van der Waals surface area (Å²) in [6.45, 7) is 0. The fourth-order valence-electron chi connectivity index (χ4n) is 2.15. The van der Waals surface area contributed by atoms with Gasteiger partial charge in [-0.3, -0.25) is 0 Å². The van der Waals surface area contributed by atoms with Gasteiger partial charge in [-0.2, -0.15) is 0 Å². The summed E-state index contributed by atoms with van der Waals surface area (Å²) in [7, 11) is 1.46. The maximum absolute atomic E-state index is 10.9. The van der Waals surface area contributed by atoms with Crippen molar-refractivity contribution in [2.75, 3.05) is 7.11 Å². The van der Waals surface area contributed by atoms with Gasteiger partial charge in [-0.25, -0.2) is 4.79 Å². The Balaban J connectivity index is 2.34. The lowest BCUT2D eigenvalue weighted by atomic mass is 9.96. The van der Waals surface area contributed by atoms with Gasteiger partial charge in [0.2, 0.25) is 0 Å². The van der Waals surface area contributed by atoms with Crippen LogP contribution in [-0.4, -0.2) is 28.4 Å². The van der Waals surface area contributed by atoms with Gasteiger partial charge in [0, 0.05) is 0 Å². The summed E-state index contributed by atoms with van der Waals surface area (Å²) in [6.07, 6.45) is -1.13. The molecule has 2 rings (SSSR count). The quantitative estimate of drug-likeness (QED) is 0.784. The Morgan fingerprint density at radius 1 is 1.24 bits per heavy atom.